The van der Waals surface area contributed by atoms with Crippen molar-refractivity contribution in [1.82, 2.24) is 0 Å². The predicted molar refractivity (Wildman–Crippen MR) is 52.6 cm³/mol. The standard InChI is InChI=1S/C9H15NO6/c1-4(12)10-2-5-7(13)8(14)6(3-11)16-9(5)15/h2,5-9,11,13-15H,3H2,1H3/t5-,6-,7-,8-,9?/m1/s1. The van der Waals surface area contributed by atoms with Crippen molar-refractivity contribution in [3.05, 3.63) is 0 Å². The van der Waals surface area contributed by atoms with Crippen molar-refractivity contribution < 1.29 is 30.0 Å². The average Bonchev–Trinajstić information content (AvgIpc) is 2.22. The van der Waals surface area contributed by atoms with E-state index < -0.39 is 43.0 Å². The molecule has 7 nitrogen and oxygen atoms in total. The van der Waals surface area contributed by atoms with E-state index in [9.17, 15) is 20.1 Å². The number of aliphatic hydroxyl groups is 4. The monoisotopic (exact) mass is 233 g/mol. The third kappa shape index (κ3) is 2.83. The molecule has 92 valence electrons. The van der Waals surface area contributed by atoms with E-state index in [1.165, 1.54) is 6.92 Å². The minimum absolute atomic E-state index is 0.488. The zero-order valence-corrected chi connectivity index (χ0v) is 8.72. The van der Waals surface area contributed by atoms with Crippen LogP contribution >= 0.6 is 0 Å². The number of carbonyl (C=O) groups excluding carboxylic acids is 1. The Morgan fingerprint density at radius 2 is 2.00 bits per heavy atom. The maximum atomic E-state index is 10.6. The first-order valence-electron chi connectivity index (χ1n) is 4.82. The van der Waals surface area contributed by atoms with E-state index in [1.54, 1.807) is 0 Å². The van der Waals surface area contributed by atoms with Gasteiger partial charge in [-0.25, -0.2) is 4.99 Å². The van der Waals surface area contributed by atoms with Gasteiger partial charge in [-0.15, -0.1) is 0 Å². The van der Waals surface area contributed by atoms with Gasteiger partial charge < -0.3 is 25.2 Å². The summed E-state index contributed by atoms with van der Waals surface area (Å²) in [4.78, 5) is 14.0. The smallest absolute Gasteiger partial charge is 0.242 e. The SMILES string of the molecule is CC(=O)N=C[C@H]1C(O)O[C@H](CO)[C@@H](O)[C@@H]1O. The molecule has 0 aromatic rings. The summed E-state index contributed by atoms with van der Waals surface area (Å²) in [7, 11) is 0. The Bertz CT molecular complexity index is 281. The highest BCUT2D eigenvalue weighted by Gasteiger charge is 2.42. The van der Waals surface area contributed by atoms with E-state index in [0.29, 0.717) is 0 Å². The molecule has 5 atom stereocenters. The number of amides is 1. The number of rotatable bonds is 2. The van der Waals surface area contributed by atoms with Crippen molar-refractivity contribution in [3.63, 3.8) is 0 Å². The van der Waals surface area contributed by atoms with Crippen LogP contribution in [0.2, 0.25) is 0 Å². The molecule has 1 aliphatic heterocycles. The minimum Gasteiger partial charge on any atom is -0.394 e. The van der Waals surface area contributed by atoms with Gasteiger partial charge in [-0.05, 0) is 0 Å². The lowest BCUT2D eigenvalue weighted by Gasteiger charge is -2.38. The fraction of sp³-hybridized carbons (Fsp3) is 0.778. The van der Waals surface area contributed by atoms with Crippen LogP contribution in [0.1, 0.15) is 6.92 Å². The lowest BCUT2D eigenvalue weighted by Crippen LogP contribution is -2.56. The largest absolute Gasteiger partial charge is 0.394 e. The Balaban J connectivity index is 2.75. The van der Waals surface area contributed by atoms with Gasteiger partial charge in [0, 0.05) is 13.1 Å². The zero-order valence-electron chi connectivity index (χ0n) is 8.72. The lowest BCUT2D eigenvalue weighted by atomic mass is 9.92. The van der Waals surface area contributed by atoms with E-state index in [-0.39, 0.29) is 0 Å². The normalized spacial score (nSPS) is 40.2. The number of hydrogen-bond acceptors (Lipinski definition) is 6. The molecule has 1 fully saturated rings. The van der Waals surface area contributed by atoms with E-state index in [4.69, 9.17) is 9.84 Å². The molecule has 1 aliphatic rings. The van der Waals surface area contributed by atoms with E-state index in [1.807, 2.05) is 0 Å². The molecule has 0 aliphatic carbocycles. The molecule has 0 radical (unpaired) electrons. The first-order chi connectivity index (χ1) is 7.47. The Kier molecular flexibility index (Phi) is 4.51. The summed E-state index contributed by atoms with van der Waals surface area (Å²) in [6.45, 7) is 0.692. The van der Waals surface area contributed by atoms with Crippen molar-refractivity contribution >= 4 is 12.1 Å². The second-order valence-corrected chi connectivity index (χ2v) is 3.60. The van der Waals surface area contributed by atoms with Gasteiger partial charge in [-0.3, -0.25) is 4.79 Å². The first kappa shape index (κ1) is 13.2. The number of ether oxygens (including phenoxy) is 1. The average molecular weight is 233 g/mol. The van der Waals surface area contributed by atoms with Crippen LogP contribution in [0.15, 0.2) is 4.99 Å². The fourth-order valence-corrected chi connectivity index (χ4v) is 1.47. The molecule has 7 heteroatoms. The van der Waals surface area contributed by atoms with Gasteiger partial charge in [0.05, 0.1) is 18.6 Å². The number of aliphatic imine (C=N–C) groups is 1. The van der Waals surface area contributed by atoms with Crippen LogP contribution in [0.4, 0.5) is 0 Å². The van der Waals surface area contributed by atoms with Crippen LogP contribution in [0.5, 0.6) is 0 Å². The molecule has 1 heterocycles. The topological polar surface area (TPSA) is 120 Å². The van der Waals surface area contributed by atoms with Crippen molar-refractivity contribution in [1.29, 1.82) is 0 Å². The molecule has 0 spiro atoms. The van der Waals surface area contributed by atoms with E-state index >= 15 is 0 Å². The first-order valence-corrected chi connectivity index (χ1v) is 4.82. The number of hydrogen-bond donors (Lipinski definition) is 4. The lowest BCUT2D eigenvalue weighted by molar-refractivity contribution is -0.254. The van der Waals surface area contributed by atoms with Gasteiger partial charge in [-0.2, -0.15) is 0 Å². The zero-order chi connectivity index (χ0) is 12.3. The molecule has 1 unspecified atom stereocenters. The summed E-state index contributed by atoms with van der Waals surface area (Å²) in [6.07, 6.45) is -4.11. The predicted octanol–water partition coefficient (Wildman–Crippen LogP) is -2.35. The Labute approximate surface area is 92.0 Å². The molecule has 0 saturated carbocycles. The third-order valence-corrected chi connectivity index (χ3v) is 2.38. The van der Waals surface area contributed by atoms with Gasteiger partial charge in [0.2, 0.25) is 5.91 Å². The molecule has 4 N–H and O–H groups in total. The van der Waals surface area contributed by atoms with Gasteiger partial charge in [0.1, 0.15) is 12.2 Å². The summed E-state index contributed by atoms with van der Waals surface area (Å²) in [5.74, 6) is -1.49. The summed E-state index contributed by atoms with van der Waals surface area (Å²) >= 11 is 0. The van der Waals surface area contributed by atoms with E-state index in [2.05, 4.69) is 4.99 Å². The van der Waals surface area contributed by atoms with Crippen molar-refractivity contribution in [2.24, 2.45) is 10.9 Å². The minimum atomic E-state index is -1.42. The highest BCUT2D eigenvalue weighted by Crippen LogP contribution is 2.23. The van der Waals surface area contributed by atoms with Crippen molar-refractivity contribution in [3.8, 4) is 0 Å². The Hall–Kier alpha value is -0.860. The second-order valence-electron chi connectivity index (χ2n) is 3.60. The number of nitrogens with zero attached hydrogens (tertiary/aromatic N) is 1. The maximum absolute atomic E-state index is 10.6. The molecule has 16 heavy (non-hydrogen) atoms. The summed E-state index contributed by atoms with van der Waals surface area (Å²) in [5.41, 5.74) is 0. The quantitative estimate of drug-likeness (QED) is 0.396. The highest BCUT2D eigenvalue weighted by molar-refractivity contribution is 5.84. The van der Waals surface area contributed by atoms with Crippen molar-refractivity contribution in [2.45, 2.75) is 31.5 Å². The molecule has 1 amide bonds. The van der Waals surface area contributed by atoms with Crippen molar-refractivity contribution in [2.75, 3.05) is 6.61 Å². The van der Waals surface area contributed by atoms with Crippen LogP contribution < -0.4 is 0 Å². The van der Waals surface area contributed by atoms with Gasteiger partial charge in [0.25, 0.3) is 0 Å². The fourth-order valence-electron chi connectivity index (χ4n) is 1.47. The van der Waals surface area contributed by atoms with Gasteiger partial charge in [0.15, 0.2) is 6.29 Å². The molecule has 0 aromatic heterocycles. The van der Waals surface area contributed by atoms with Crippen LogP contribution in [0, 0.1) is 5.92 Å². The summed E-state index contributed by atoms with van der Waals surface area (Å²) < 4.78 is 4.86. The van der Waals surface area contributed by atoms with Crippen LogP contribution in [0.3, 0.4) is 0 Å². The molecule has 0 aromatic carbocycles. The molecule has 1 rings (SSSR count). The van der Waals surface area contributed by atoms with Gasteiger partial charge >= 0.3 is 0 Å². The Morgan fingerprint density at radius 1 is 1.38 bits per heavy atom. The molecule has 0 bridgehead atoms. The highest BCUT2D eigenvalue weighted by atomic mass is 16.6. The summed E-state index contributed by atoms with van der Waals surface area (Å²) in [6, 6.07) is 0. The van der Waals surface area contributed by atoms with Crippen LogP contribution in [0.25, 0.3) is 0 Å². The third-order valence-electron chi connectivity index (χ3n) is 2.38. The maximum Gasteiger partial charge on any atom is 0.242 e. The second kappa shape index (κ2) is 5.46. The Morgan fingerprint density at radius 3 is 2.50 bits per heavy atom. The number of aliphatic hydroxyl groups excluding tert-OH is 4. The van der Waals surface area contributed by atoms with Crippen LogP contribution in [-0.2, 0) is 9.53 Å². The molecular formula is C9H15NO6. The summed E-state index contributed by atoms with van der Waals surface area (Å²) in [5, 5.41) is 37.4. The van der Waals surface area contributed by atoms with E-state index in [0.717, 1.165) is 6.21 Å². The number of carbonyl (C=O) groups is 1. The molecular weight excluding hydrogens is 218 g/mol. The molecule has 1 saturated heterocycles. The van der Waals surface area contributed by atoms with Crippen LogP contribution in [-0.4, -0.2) is 63.8 Å². The van der Waals surface area contributed by atoms with Gasteiger partial charge in [-0.1, -0.05) is 0 Å².